The Morgan fingerprint density at radius 1 is 1.22 bits per heavy atom. The summed E-state index contributed by atoms with van der Waals surface area (Å²) in [7, 11) is 0. The number of rotatable bonds is 2. The van der Waals surface area contributed by atoms with Gasteiger partial charge >= 0.3 is 0 Å². The number of aromatic nitrogens is 2. The predicted molar refractivity (Wildman–Crippen MR) is 70.5 cm³/mol. The third kappa shape index (κ3) is 2.97. The molecule has 0 saturated carbocycles. The summed E-state index contributed by atoms with van der Waals surface area (Å²) in [6.07, 6.45) is 5.70. The lowest BCUT2D eigenvalue weighted by atomic mass is 10.3. The lowest BCUT2D eigenvalue weighted by molar-refractivity contribution is -0.128. The van der Waals surface area contributed by atoms with Gasteiger partial charge in [-0.1, -0.05) is 6.92 Å². The highest BCUT2D eigenvalue weighted by atomic mass is 16.2. The van der Waals surface area contributed by atoms with Gasteiger partial charge < -0.3 is 9.80 Å². The van der Waals surface area contributed by atoms with Crippen LogP contribution < -0.4 is 4.90 Å². The number of anilines is 1. The van der Waals surface area contributed by atoms with Crippen LogP contribution in [-0.2, 0) is 11.2 Å². The molecule has 1 saturated heterocycles. The first-order valence-electron chi connectivity index (χ1n) is 6.52. The van der Waals surface area contributed by atoms with Crippen molar-refractivity contribution in [3.63, 3.8) is 0 Å². The van der Waals surface area contributed by atoms with Crippen LogP contribution in [0.25, 0.3) is 0 Å². The van der Waals surface area contributed by atoms with E-state index in [0.717, 1.165) is 50.5 Å². The second-order valence-corrected chi connectivity index (χ2v) is 4.59. The van der Waals surface area contributed by atoms with Crippen LogP contribution in [-0.4, -0.2) is 47.0 Å². The van der Waals surface area contributed by atoms with Gasteiger partial charge in [0.25, 0.3) is 0 Å². The zero-order valence-electron chi connectivity index (χ0n) is 11.1. The third-order valence-electron chi connectivity index (χ3n) is 3.32. The summed E-state index contributed by atoms with van der Waals surface area (Å²) in [5.74, 6) is 0.928. The summed E-state index contributed by atoms with van der Waals surface area (Å²) in [5.41, 5.74) is 1.15. The van der Waals surface area contributed by atoms with Crippen molar-refractivity contribution in [2.24, 2.45) is 0 Å². The van der Waals surface area contributed by atoms with Gasteiger partial charge in [-0.3, -0.25) is 4.79 Å². The second-order valence-electron chi connectivity index (χ2n) is 4.59. The summed E-state index contributed by atoms with van der Waals surface area (Å²) in [5, 5.41) is 0. The van der Waals surface area contributed by atoms with Crippen LogP contribution in [0.2, 0.25) is 0 Å². The first-order chi connectivity index (χ1) is 8.70. The fourth-order valence-corrected chi connectivity index (χ4v) is 2.13. The minimum absolute atomic E-state index is 0.152. The first kappa shape index (κ1) is 12.8. The van der Waals surface area contributed by atoms with E-state index in [1.165, 1.54) is 0 Å². The maximum atomic E-state index is 11.4. The molecule has 0 bridgehead atoms. The molecular weight excluding hydrogens is 228 g/mol. The molecule has 0 unspecified atom stereocenters. The Balaban J connectivity index is 2.02. The van der Waals surface area contributed by atoms with Crippen LogP contribution in [0.5, 0.6) is 0 Å². The van der Waals surface area contributed by atoms with E-state index < -0.39 is 0 Å². The van der Waals surface area contributed by atoms with Crippen molar-refractivity contribution < 1.29 is 4.79 Å². The Morgan fingerprint density at radius 2 is 1.94 bits per heavy atom. The molecule has 0 N–H and O–H groups in total. The molecular formula is C13H20N4O. The molecule has 1 fully saturated rings. The van der Waals surface area contributed by atoms with Crippen LogP contribution in [0.3, 0.4) is 0 Å². The van der Waals surface area contributed by atoms with Crippen molar-refractivity contribution >= 4 is 11.9 Å². The average Bonchev–Trinajstić information content (AvgIpc) is 2.64. The van der Waals surface area contributed by atoms with Crippen molar-refractivity contribution in [3.05, 3.63) is 18.0 Å². The number of hydrogen-bond acceptors (Lipinski definition) is 4. The number of hydrogen-bond donors (Lipinski definition) is 0. The molecule has 1 aliphatic rings. The molecule has 0 aliphatic carbocycles. The van der Waals surface area contributed by atoms with Gasteiger partial charge in [-0.2, -0.15) is 0 Å². The number of aryl methyl sites for hydroxylation is 1. The van der Waals surface area contributed by atoms with E-state index in [-0.39, 0.29) is 5.91 Å². The Hall–Kier alpha value is -1.65. The fourth-order valence-electron chi connectivity index (χ4n) is 2.13. The third-order valence-corrected chi connectivity index (χ3v) is 3.32. The van der Waals surface area contributed by atoms with Gasteiger partial charge in [-0.05, 0) is 18.4 Å². The quantitative estimate of drug-likeness (QED) is 0.786. The molecule has 0 aromatic carbocycles. The van der Waals surface area contributed by atoms with Crippen molar-refractivity contribution in [3.8, 4) is 0 Å². The van der Waals surface area contributed by atoms with Gasteiger partial charge in [-0.25, -0.2) is 9.97 Å². The second kappa shape index (κ2) is 5.80. The standard InChI is InChI=1S/C13H20N4O/c1-3-12-9-14-13(15-10-12)17-6-4-5-16(7-8-17)11(2)18/h9-10H,3-8H2,1-2H3. The molecule has 1 aliphatic heterocycles. The maximum Gasteiger partial charge on any atom is 0.225 e. The lowest BCUT2D eigenvalue weighted by Gasteiger charge is -2.21. The van der Waals surface area contributed by atoms with Crippen LogP contribution in [0, 0.1) is 0 Å². The maximum absolute atomic E-state index is 11.4. The number of carbonyl (C=O) groups excluding carboxylic acids is 1. The van der Waals surface area contributed by atoms with Crippen LogP contribution in [0.15, 0.2) is 12.4 Å². The van der Waals surface area contributed by atoms with Crippen LogP contribution in [0.4, 0.5) is 5.95 Å². The van der Waals surface area contributed by atoms with Crippen molar-refractivity contribution in [2.45, 2.75) is 26.7 Å². The molecule has 2 rings (SSSR count). The normalized spacial score (nSPS) is 16.6. The summed E-state index contributed by atoms with van der Waals surface area (Å²) in [6.45, 7) is 7.03. The number of carbonyl (C=O) groups is 1. The predicted octanol–water partition coefficient (Wildman–Crippen LogP) is 1.10. The van der Waals surface area contributed by atoms with Crippen LogP contribution >= 0.6 is 0 Å². The van der Waals surface area contributed by atoms with Gasteiger partial charge in [0.15, 0.2) is 0 Å². The smallest absolute Gasteiger partial charge is 0.225 e. The molecule has 5 heteroatoms. The minimum atomic E-state index is 0.152. The molecule has 1 aromatic heterocycles. The number of amides is 1. The van der Waals surface area contributed by atoms with Gasteiger partial charge in [-0.15, -0.1) is 0 Å². The molecule has 98 valence electrons. The minimum Gasteiger partial charge on any atom is -0.341 e. The van der Waals surface area contributed by atoms with E-state index >= 15 is 0 Å². The SMILES string of the molecule is CCc1cnc(N2CCCN(C(C)=O)CC2)nc1. The number of nitrogens with zero attached hydrogens (tertiary/aromatic N) is 4. The zero-order chi connectivity index (χ0) is 13.0. The summed E-state index contributed by atoms with van der Waals surface area (Å²) >= 11 is 0. The largest absolute Gasteiger partial charge is 0.341 e. The van der Waals surface area contributed by atoms with E-state index in [0.29, 0.717) is 0 Å². The van der Waals surface area contributed by atoms with E-state index in [9.17, 15) is 4.79 Å². The van der Waals surface area contributed by atoms with Gasteiger partial charge in [0, 0.05) is 45.5 Å². The van der Waals surface area contributed by atoms with E-state index in [2.05, 4.69) is 21.8 Å². The Kier molecular flexibility index (Phi) is 4.12. The Bertz CT molecular complexity index is 404. The summed E-state index contributed by atoms with van der Waals surface area (Å²) in [6, 6.07) is 0. The van der Waals surface area contributed by atoms with E-state index in [4.69, 9.17) is 0 Å². The molecule has 2 heterocycles. The highest BCUT2D eigenvalue weighted by Crippen LogP contribution is 2.11. The Labute approximate surface area is 108 Å². The molecule has 1 amide bonds. The average molecular weight is 248 g/mol. The molecule has 0 spiro atoms. The van der Waals surface area contributed by atoms with Crippen molar-refractivity contribution in [2.75, 3.05) is 31.1 Å². The molecule has 1 aromatic rings. The van der Waals surface area contributed by atoms with Gasteiger partial charge in [0.1, 0.15) is 0 Å². The highest BCUT2D eigenvalue weighted by Gasteiger charge is 2.17. The van der Waals surface area contributed by atoms with Gasteiger partial charge in [0.05, 0.1) is 0 Å². The Morgan fingerprint density at radius 3 is 2.56 bits per heavy atom. The monoisotopic (exact) mass is 248 g/mol. The zero-order valence-corrected chi connectivity index (χ0v) is 11.1. The molecule has 0 atom stereocenters. The van der Waals surface area contributed by atoms with E-state index in [1.54, 1.807) is 6.92 Å². The van der Waals surface area contributed by atoms with Crippen molar-refractivity contribution in [1.29, 1.82) is 0 Å². The lowest BCUT2D eigenvalue weighted by Crippen LogP contribution is -2.34. The highest BCUT2D eigenvalue weighted by molar-refractivity contribution is 5.73. The van der Waals surface area contributed by atoms with Gasteiger partial charge in [0.2, 0.25) is 11.9 Å². The topological polar surface area (TPSA) is 49.3 Å². The van der Waals surface area contributed by atoms with E-state index in [1.807, 2.05) is 17.3 Å². The summed E-state index contributed by atoms with van der Waals surface area (Å²) in [4.78, 5) is 24.2. The first-order valence-corrected chi connectivity index (χ1v) is 6.52. The summed E-state index contributed by atoms with van der Waals surface area (Å²) < 4.78 is 0. The van der Waals surface area contributed by atoms with Crippen LogP contribution in [0.1, 0.15) is 25.8 Å². The van der Waals surface area contributed by atoms with Crippen molar-refractivity contribution in [1.82, 2.24) is 14.9 Å². The fraction of sp³-hybridized carbons (Fsp3) is 0.615. The molecule has 0 radical (unpaired) electrons. The molecule has 18 heavy (non-hydrogen) atoms. The molecule has 5 nitrogen and oxygen atoms in total.